The van der Waals surface area contributed by atoms with Crippen LogP contribution in [-0.2, 0) is 9.59 Å². The second kappa shape index (κ2) is 9.85. The Balaban J connectivity index is 2.48. The lowest BCUT2D eigenvalue weighted by Crippen LogP contribution is -2.51. The van der Waals surface area contributed by atoms with Gasteiger partial charge in [0.2, 0.25) is 0 Å². The lowest BCUT2D eigenvalue weighted by molar-refractivity contribution is -0.174. The van der Waals surface area contributed by atoms with E-state index in [-0.39, 0.29) is 0 Å². The highest BCUT2D eigenvalue weighted by molar-refractivity contribution is 5.87. The predicted molar refractivity (Wildman–Crippen MR) is 96.0 cm³/mol. The molecule has 0 fully saturated rings. The molecule has 2 atom stereocenters. The van der Waals surface area contributed by atoms with E-state index in [0.717, 1.165) is 19.3 Å². The number of allylic oxidation sites excluding steroid dienone is 2. The van der Waals surface area contributed by atoms with E-state index < -0.39 is 22.8 Å². The molecule has 0 saturated heterocycles. The number of carboxylic acid groups (broad SMARTS) is 2. The van der Waals surface area contributed by atoms with Crippen molar-refractivity contribution in [2.75, 3.05) is 0 Å². The molecular formula is C20H34O4. The van der Waals surface area contributed by atoms with Crippen molar-refractivity contribution in [3.63, 3.8) is 0 Å². The third kappa shape index (κ3) is 4.84. The zero-order chi connectivity index (χ0) is 18.1. The van der Waals surface area contributed by atoms with Crippen LogP contribution in [0.5, 0.6) is 0 Å². The molecule has 0 aromatic heterocycles. The van der Waals surface area contributed by atoms with Gasteiger partial charge >= 0.3 is 11.9 Å². The van der Waals surface area contributed by atoms with Crippen molar-refractivity contribution in [1.29, 1.82) is 0 Å². The standard InChI is InChI=1S/C20H34O4/c1-3-4-5-6-7-8-9-10-11-15-20(18(23)24)16-13-12-14-19(20,2)17(21)22/h12-13H,3-11,14-16H2,1-2H3,(H,21,22)(H,23,24). The van der Waals surface area contributed by atoms with Crippen LogP contribution in [0.4, 0.5) is 0 Å². The SMILES string of the molecule is CCCCCCCCCCCC1(C(=O)O)CC=CCC1(C)C(=O)O. The Bertz CT molecular complexity index is 443. The number of aliphatic carboxylic acids is 2. The largest absolute Gasteiger partial charge is 0.481 e. The van der Waals surface area contributed by atoms with Gasteiger partial charge in [0.15, 0.2) is 0 Å². The van der Waals surface area contributed by atoms with Crippen molar-refractivity contribution in [2.45, 2.75) is 90.9 Å². The summed E-state index contributed by atoms with van der Waals surface area (Å²) in [4.78, 5) is 23.7. The Morgan fingerprint density at radius 3 is 1.83 bits per heavy atom. The molecule has 0 saturated carbocycles. The van der Waals surface area contributed by atoms with Crippen molar-refractivity contribution in [2.24, 2.45) is 10.8 Å². The molecule has 0 spiro atoms. The first kappa shape index (κ1) is 20.7. The minimum absolute atomic E-state index is 0.298. The van der Waals surface area contributed by atoms with Crippen LogP contribution in [0.25, 0.3) is 0 Å². The van der Waals surface area contributed by atoms with Crippen LogP contribution in [0.15, 0.2) is 12.2 Å². The van der Waals surface area contributed by atoms with Crippen molar-refractivity contribution < 1.29 is 19.8 Å². The van der Waals surface area contributed by atoms with Crippen molar-refractivity contribution in [3.05, 3.63) is 12.2 Å². The summed E-state index contributed by atoms with van der Waals surface area (Å²) < 4.78 is 0. The first-order chi connectivity index (χ1) is 11.4. The average Bonchev–Trinajstić information content (AvgIpc) is 2.54. The van der Waals surface area contributed by atoms with Crippen LogP contribution in [0, 0.1) is 10.8 Å². The average molecular weight is 338 g/mol. The first-order valence-electron chi connectivity index (χ1n) is 9.52. The van der Waals surface area contributed by atoms with E-state index >= 15 is 0 Å². The highest BCUT2D eigenvalue weighted by Gasteiger charge is 2.57. The van der Waals surface area contributed by atoms with Crippen LogP contribution >= 0.6 is 0 Å². The number of unbranched alkanes of at least 4 members (excludes halogenated alkanes) is 8. The van der Waals surface area contributed by atoms with Crippen LogP contribution in [-0.4, -0.2) is 22.2 Å². The van der Waals surface area contributed by atoms with E-state index in [2.05, 4.69) is 6.92 Å². The maximum Gasteiger partial charge on any atom is 0.311 e. The van der Waals surface area contributed by atoms with E-state index in [1.165, 1.54) is 38.5 Å². The van der Waals surface area contributed by atoms with Gasteiger partial charge in [0.05, 0.1) is 10.8 Å². The molecule has 24 heavy (non-hydrogen) atoms. The molecule has 0 aromatic rings. The zero-order valence-electron chi connectivity index (χ0n) is 15.4. The van der Waals surface area contributed by atoms with Crippen LogP contribution in [0.3, 0.4) is 0 Å². The smallest absolute Gasteiger partial charge is 0.311 e. The fourth-order valence-electron chi connectivity index (χ4n) is 3.86. The van der Waals surface area contributed by atoms with Crippen LogP contribution < -0.4 is 0 Å². The van der Waals surface area contributed by atoms with E-state index in [1.807, 2.05) is 12.2 Å². The topological polar surface area (TPSA) is 74.6 Å². The number of carboxylic acids is 2. The van der Waals surface area contributed by atoms with Gasteiger partial charge in [-0.05, 0) is 26.2 Å². The van der Waals surface area contributed by atoms with E-state index in [0.29, 0.717) is 19.3 Å². The molecule has 2 N–H and O–H groups in total. The Hall–Kier alpha value is -1.32. The minimum atomic E-state index is -1.21. The fourth-order valence-corrected chi connectivity index (χ4v) is 3.86. The molecular weight excluding hydrogens is 304 g/mol. The molecule has 0 aromatic carbocycles. The Labute approximate surface area is 146 Å². The number of hydrogen-bond acceptors (Lipinski definition) is 2. The summed E-state index contributed by atoms with van der Waals surface area (Å²) in [6.45, 7) is 3.81. The minimum Gasteiger partial charge on any atom is -0.481 e. The second-order valence-corrected chi connectivity index (χ2v) is 7.48. The summed E-state index contributed by atoms with van der Waals surface area (Å²) >= 11 is 0. The quantitative estimate of drug-likeness (QED) is 0.368. The molecule has 1 aliphatic carbocycles. The molecule has 4 nitrogen and oxygen atoms in total. The second-order valence-electron chi connectivity index (χ2n) is 7.48. The molecule has 0 bridgehead atoms. The third-order valence-electron chi connectivity index (χ3n) is 5.80. The molecule has 4 heteroatoms. The molecule has 0 radical (unpaired) electrons. The van der Waals surface area contributed by atoms with Crippen LogP contribution in [0.1, 0.15) is 90.9 Å². The van der Waals surface area contributed by atoms with E-state index in [4.69, 9.17) is 0 Å². The summed E-state index contributed by atoms with van der Waals surface area (Å²) in [6.07, 6.45) is 15.2. The van der Waals surface area contributed by atoms with Gasteiger partial charge in [0.25, 0.3) is 0 Å². The van der Waals surface area contributed by atoms with Gasteiger partial charge in [-0.15, -0.1) is 0 Å². The van der Waals surface area contributed by atoms with Crippen molar-refractivity contribution >= 4 is 11.9 Å². The maximum absolute atomic E-state index is 12.0. The molecule has 1 aliphatic rings. The molecule has 0 heterocycles. The normalized spacial score (nSPS) is 26.4. The summed E-state index contributed by atoms with van der Waals surface area (Å²) in [5.74, 6) is -1.96. The van der Waals surface area contributed by atoms with E-state index in [1.54, 1.807) is 6.92 Å². The highest BCUT2D eigenvalue weighted by Crippen LogP contribution is 2.52. The zero-order valence-corrected chi connectivity index (χ0v) is 15.4. The molecule has 1 rings (SSSR count). The number of hydrogen-bond donors (Lipinski definition) is 2. The van der Waals surface area contributed by atoms with Gasteiger partial charge in [0, 0.05) is 0 Å². The molecule has 0 amide bonds. The summed E-state index contributed by atoms with van der Waals surface area (Å²) in [6, 6.07) is 0. The molecule has 0 aliphatic heterocycles. The molecule has 2 unspecified atom stereocenters. The summed E-state index contributed by atoms with van der Waals surface area (Å²) in [7, 11) is 0. The fraction of sp³-hybridized carbons (Fsp3) is 0.800. The van der Waals surface area contributed by atoms with E-state index in [9.17, 15) is 19.8 Å². The van der Waals surface area contributed by atoms with Gasteiger partial charge < -0.3 is 10.2 Å². The van der Waals surface area contributed by atoms with Crippen molar-refractivity contribution in [1.82, 2.24) is 0 Å². The Morgan fingerprint density at radius 2 is 1.33 bits per heavy atom. The first-order valence-corrected chi connectivity index (χ1v) is 9.52. The van der Waals surface area contributed by atoms with Gasteiger partial charge in [0.1, 0.15) is 0 Å². The predicted octanol–water partition coefficient (Wildman–Crippen LogP) is 5.42. The van der Waals surface area contributed by atoms with Gasteiger partial charge in [-0.2, -0.15) is 0 Å². The van der Waals surface area contributed by atoms with Crippen LogP contribution in [0.2, 0.25) is 0 Å². The number of rotatable bonds is 12. The lowest BCUT2D eigenvalue weighted by atomic mass is 9.56. The maximum atomic E-state index is 12.0. The summed E-state index contributed by atoms with van der Waals surface area (Å²) in [5.41, 5.74) is -2.39. The Kier molecular flexibility index (Phi) is 8.51. The lowest BCUT2D eigenvalue weighted by Gasteiger charge is -2.44. The molecule has 138 valence electrons. The van der Waals surface area contributed by atoms with Crippen molar-refractivity contribution in [3.8, 4) is 0 Å². The number of carbonyl (C=O) groups is 2. The van der Waals surface area contributed by atoms with Gasteiger partial charge in [-0.1, -0.05) is 76.9 Å². The van der Waals surface area contributed by atoms with Gasteiger partial charge in [-0.25, -0.2) is 0 Å². The Morgan fingerprint density at radius 1 is 0.833 bits per heavy atom. The monoisotopic (exact) mass is 338 g/mol. The third-order valence-corrected chi connectivity index (χ3v) is 5.80. The van der Waals surface area contributed by atoms with Gasteiger partial charge in [-0.3, -0.25) is 9.59 Å². The highest BCUT2D eigenvalue weighted by atomic mass is 16.4. The summed E-state index contributed by atoms with van der Waals surface area (Å²) in [5, 5.41) is 19.4.